The molecule has 34 heavy (non-hydrogen) atoms. The molecule has 0 unspecified atom stereocenters. The Morgan fingerprint density at radius 3 is 2.06 bits per heavy atom. The van der Waals surface area contributed by atoms with Gasteiger partial charge < -0.3 is 19.5 Å². The fourth-order valence-electron chi connectivity index (χ4n) is 2.62. The van der Waals surface area contributed by atoms with Crippen LogP contribution in [0.1, 0.15) is 10.4 Å². The zero-order chi connectivity index (χ0) is 25.1. The topological polar surface area (TPSA) is 80.9 Å². The van der Waals surface area contributed by atoms with E-state index in [1.54, 1.807) is 0 Å². The lowest BCUT2D eigenvalue weighted by Crippen LogP contribution is -2.29. The van der Waals surface area contributed by atoms with Gasteiger partial charge in [0.25, 0.3) is 5.91 Å². The maximum atomic E-state index is 14.7. The maximum Gasteiger partial charge on any atom is 0.573 e. The number of ether oxygens (including phenoxy) is 3. The Morgan fingerprint density at radius 1 is 0.882 bits per heavy atom. The molecular weight excluding hydrogens is 481 g/mol. The van der Waals surface area contributed by atoms with Crippen molar-refractivity contribution in [3.8, 4) is 23.0 Å². The molecule has 2 N–H and O–H groups in total. The Labute approximate surface area is 185 Å². The second-order valence-electron chi connectivity index (χ2n) is 6.37. The Morgan fingerprint density at radius 2 is 1.47 bits per heavy atom. The minimum Gasteiger partial charge on any atom is -0.456 e. The Kier molecular flexibility index (Phi) is 6.70. The lowest BCUT2D eigenvalue weighted by Gasteiger charge is -2.16. The molecule has 3 rings (SSSR count). The van der Waals surface area contributed by atoms with Gasteiger partial charge in [-0.1, -0.05) is 0 Å². The average Bonchev–Trinajstić information content (AvgIpc) is 2.66. The number of aromatic nitrogens is 1. The largest absolute Gasteiger partial charge is 0.573 e. The molecule has 0 bridgehead atoms. The molecule has 14 heteroatoms. The molecule has 0 spiro atoms. The summed E-state index contributed by atoms with van der Waals surface area (Å²) in [5.74, 6) is -5.32. The molecule has 0 saturated carbocycles. The third-order valence-corrected chi connectivity index (χ3v) is 3.82. The highest BCUT2D eigenvalue weighted by Gasteiger charge is 2.33. The summed E-state index contributed by atoms with van der Waals surface area (Å²) in [6.45, 7) is 0. The van der Waals surface area contributed by atoms with Gasteiger partial charge in [0.05, 0.1) is 0 Å². The third-order valence-electron chi connectivity index (χ3n) is 3.82. The standard InChI is InChI=1S/C20H11F7N2O5/c21-15-8-14(34-20(25,26)27)9-16(17(15)18(30)28-11-2-1-7-29(31)10-11)32-12-3-5-13(6-4-12)33-19(22,23)24/h1-10H,(H-,28,30,31)/p+1. The van der Waals surface area contributed by atoms with E-state index in [4.69, 9.17) is 4.74 Å². The number of anilines is 1. The maximum absolute atomic E-state index is 14.7. The fraction of sp³-hybridized carbons (Fsp3) is 0.100. The van der Waals surface area contributed by atoms with Crippen molar-refractivity contribution in [2.45, 2.75) is 12.7 Å². The van der Waals surface area contributed by atoms with Crippen molar-refractivity contribution >= 4 is 11.6 Å². The summed E-state index contributed by atoms with van der Waals surface area (Å²) in [4.78, 5) is 12.6. The molecule has 1 heterocycles. The number of pyridine rings is 1. The molecule has 180 valence electrons. The van der Waals surface area contributed by atoms with Gasteiger partial charge in [0, 0.05) is 22.9 Å². The zero-order valence-electron chi connectivity index (χ0n) is 16.4. The number of benzene rings is 2. The minimum absolute atomic E-state index is 0.00961. The first-order chi connectivity index (χ1) is 15.8. The molecule has 2 aromatic carbocycles. The van der Waals surface area contributed by atoms with E-state index < -0.39 is 47.3 Å². The number of hydrogen-bond acceptors (Lipinski definition) is 5. The Hall–Kier alpha value is -4.23. The molecule has 0 aliphatic carbocycles. The SMILES string of the molecule is O=C(Nc1ccc[n+](O)c1)c1c(F)cc(OC(F)(F)F)cc1Oc1ccc(OC(F)(F)F)cc1. The summed E-state index contributed by atoms with van der Waals surface area (Å²) in [7, 11) is 0. The number of carbonyl (C=O) groups excluding carboxylic acids is 1. The molecule has 1 amide bonds. The van der Waals surface area contributed by atoms with Crippen LogP contribution in [0.15, 0.2) is 60.9 Å². The molecule has 1 aromatic heterocycles. The Balaban J connectivity index is 1.96. The van der Waals surface area contributed by atoms with E-state index >= 15 is 0 Å². The quantitative estimate of drug-likeness (QED) is 0.281. The predicted molar refractivity (Wildman–Crippen MR) is 98.1 cm³/mol. The number of carbonyl (C=O) groups is 1. The number of nitrogens with zero attached hydrogens (tertiary/aromatic N) is 1. The van der Waals surface area contributed by atoms with Gasteiger partial charge in [-0.3, -0.25) is 10.0 Å². The summed E-state index contributed by atoms with van der Waals surface area (Å²) in [6.07, 6.45) is -7.91. The van der Waals surface area contributed by atoms with Crippen LogP contribution in [-0.2, 0) is 0 Å². The van der Waals surface area contributed by atoms with Crippen LogP contribution in [0.3, 0.4) is 0 Å². The molecule has 0 aliphatic rings. The molecular formula is C20H12F7N2O5+. The highest BCUT2D eigenvalue weighted by atomic mass is 19.4. The fourth-order valence-corrected chi connectivity index (χ4v) is 2.62. The van der Waals surface area contributed by atoms with Crippen molar-refractivity contribution < 1.29 is 59.7 Å². The highest BCUT2D eigenvalue weighted by molar-refractivity contribution is 6.06. The number of nitrogens with one attached hydrogen (secondary N) is 1. The van der Waals surface area contributed by atoms with Gasteiger partial charge in [-0.25, -0.2) is 4.39 Å². The molecule has 0 radical (unpaired) electrons. The monoisotopic (exact) mass is 493 g/mol. The van der Waals surface area contributed by atoms with Crippen LogP contribution in [-0.4, -0.2) is 23.8 Å². The lowest BCUT2D eigenvalue weighted by molar-refractivity contribution is -0.904. The molecule has 0 atom stereocenters. The second kappa shape index (κ2) is 9.33. The van der Waals surface area contributed by atoms with Crippen molar-refractivity contribution in [3.63, 3.8) is 0 Å². The van der Waals surface area contributed by atoms with Gasteiger partial charge in [0.15, 0.2) is 0 Å². The van der Waals surface area contributed by atoms with Crippen molar-refractivity contribution in [2.24, 2.45) is 0 Å². The first-order valence-corrected chi connectivity index (χ1v) is 8.94. The van der Waals surface area contributed by atoms with E-state index in [9.17, 15) is 40.7 Å². The van der Waals surface area contributed by atoms with Crippen LogP contribution in [0.2, 0.25) is 0 Å². The molecule has 0 saturated heterocycles. The summed E-state index contributed by atoms with van der Waals surface area (Å²) in [5.41, 5.74) is -0.858. The number of halogens is 7. The van der Waals surface area contributed by atoms with Gasteiger partial charge in [0.2, 0.25) is 12.4 Å². The van der Waals surface area contributed by atoms with E-state index in [1.165, 1.54) is 18.3 Å². The van der Waals surface area contributed by atoms with Gasteiger partial charge in [-0.2, -0.15) is 0 Å². The molecule has 0 fully saturated rings. The third kappa shape index (κ3) is 6.88. The first-order valence-electron chi connectivity index (χ1n) is 8.94. The van der Waals surface area contributed by atoms with Crippen LogP contribution in [0.25, 0.3) is 0 Å². The summed E-state index contributed by atoms with van der Waals surface area (Å²) >= 11 is 0. The molecule has 3 aromatic rings. The first kappa shape index (κ1) is 24.4. The second-order valence-corrected chi connectivity index (χ2v) is 6.37. The van der Waals surface area contributed by atoms with Crippen LogP contribution < -0.4 is 24.3 Å². The average molecular weight is 493 g/mol. The summed E-state index contributed by atoms with van der Waals surface area (Å²) in [6, 6.07) is 7.08. The van der Waals surface area contributed by atoms with E-state index in [-0.39, 0.29) is 11.4 Å². The van der Waals surface area contributed by atoms with E-state index in [0.717, 1.165) is 30.5 Å². The number of alkyl halides is 6. The van der Waals surface area contributed by atoms with Crippen LogP contribution in [0.4, 0.5) is 36.4 Å². The van der Waals surface area contributed by atoms with Crippen molar-refractivity contribution in [1.82, 2.24) is 0 Å². The number of amides is 1. The van der Waals surface area contributed by atoms with Crippen LogP contribution in [0, 0.1) is 5.82 Å². The van der Waals surface area contributed by atoms with E-state index in [0.29, 0.717) is 16.9 Å². The van der Waals surface area contributed by atoms with Crippen LogP contribution in [0.5, 0.6) is 23.0 Å². The zero-order valence-corrected chi connectivity index (χ0v) is 16.4. The minimum atomic E-state index is -5.19. The normalized spacial score (nSPS) is 11.6. The van der Waals surface area contributed by atoms with Crippen molar-refractivity contribution in [1.29, 1.82) is 0 Å². The van der Waals surface area contributed by atoms with Crippen molar-refractivity contribution in [2.75, 3.05) is 5.32 Å². The van der Waals surface area contributed by atoms with Crippen molar-refractivity contribution in [3.05, 3.63) is 72.3 Å². The van der Waals surface area contributed by atoms with E-state index in [1.807, 2.05) is 0 Å². The van der Waals surface area contributed by atoms with E-state index in [2.05, 4.69) is 14.8 Å². The van der Waals surface area contributed by atoms with Gasteiger partial charge in [0.1, 0.15) is 40.1 Å². The number of hydrogen-bond donors (Lipinski definition) is 2. The smallest absolute Gasteiger partial charge is 0.456 e. The summed E-state index contributed by atoms with van der Waals surface area (Å²) < 4.78 is 103. The highest BCUT2D eigenvalue weighted by Crippen LogP contribution is 2.35. The lowest BCUT2D eigenvalue weighted by atomic mass is 10.1. The Bertz CT molecular complexity index is 1180. The summed E-state index contributed by atoms with van der Waals surface area (Å²) in [5, 5.41) is 11.6. The predicted octanol–water partition coefficient (Wildman–Crippen LogP) is 5.19. The van der Waals surface area contributed by atoms with Gasteiger partial charge >= 0.3 is 12.7 Å². The molecule has 0 aliphatic heterocycles. The number of rotatable bonds is 6. The molecule has 7 nitrogen and oxygen atoms in total. The van der Waals surface area contributed by atoms with Gasteiger partial charge in [-0.15, -0.1) is 26.3 Å². The van der Waals surface area contributed by atoms with Gasteiger partial charge in [-0.05, 0) is 30.3 Å². The van der Waals surface area contributed by atoms with Crippen LogP contribution >= 0.6 is 0 Å².